The number of hydrogen-bond acceptors (Lipinski definition) is 4. The van der Waals surface area contributed by atoms with Crippen LogP contribution in [0.5, 0.6) is 5.75 Å². The Morgan fingerprint density at radius 2 is 1.82 bits per heavy atom. The van der Waals surface area contributed by atoms with Gasteiger partial charge in [0.1, 0.15) is 5.75 Å². The van der Waals surface area contributed by atoms with Crippen LogP contribution >= 0.6 is 11.6 Å². The molecule has 3 rings (SSSR count). The van der Waals surface area contributed by atoms with Crippen molar-refractivity contribution in [3.05, 3.63) is 59.1 Å². The van der Waals surface area contributed by atoms with E-state index in [1.807, 2.05) is 6.92 Å². The van der Waals surface area contributed by atoms with Crippen LogP contribution in [0.25, 0.3) is 0 Å². The van der Waals surface area contributed by atoms with Gasteiger partial charge in [0.25, 0.3) is 11.8 Å². The Kier molecular flexibility index (Phi) is 6.90. The van der Waals surface area contributed by atoms with Gasteiger partial charge in [0, 0.05) is 18.1 Å². The molecule has 0 unspecified atom stereocenters. The summed E-state index contributed by atoms with van der Waals surface area (Å²) in [5, 5.41) is 3.44. The number of carbonyl (C=O) groups is 2. The molecule has 1 N–H and O–H groups in total. The summed E-state index contributed by atoms with van der Waals surface area (Å²) in [4.78, 5) is 27.3. The Hall–Kier alpha value is -2.57. The van der Waals surface area contributed by atoms with E-state index >= 15 is 0 Å². The fraction of sp³-hybridized carbons (Fsp3) is 0.333. The van der Waals surface area contributed by atoms with Gasteiger partial charge in [-0.3, -0.25) is 9.59 Å². The van der Waals surface area contributed by atoms with Crippen molar-refractivity contribution in [2.45, 2.75) is 19.4 Å². The second-order valence-electron chi connectivity index (χ2n) is 6.41. The van der Waals surface area contributed by atoms with Gasteiger partial charge in [-0.2, -0.15) is 0 Å². The highest BCUT2D eigenvalue weighted by Gasteiger charge is 2.24. The van der Waals surface area contributed by atoms with Crippen molar-refractivity contribution >= 4 is 29.1 Å². The van der Waals surface area contributed by atoms with Crippen molar-refractivity contribution < 1.29 is 19.1 Å². The maximum absolute atomic E-state index is 12.8. The SMILES string of the molecule is CC[C@@H](Oc1ccc(Cl)cc1)C(=O)Nc1ccccc1C(=O)N1CCOCC1. The lowest BCUT2D eigenvalue weighted by Crippen LogP contribution is -2.41. The highest BCUT2D eigenvalue weighted by Crippen LogP contribution is 2.21. The molecule has 28 heavy (non-hydrogen) atoms. The maximum atomic E-state index is 12.8. The number of benzene rings is 2. The number of halogens is 1. The van der Waals surface area contributed by atoms with Gasteiger partial charge >= 0.3 is 0 Å². The van der Waals surface area contributed by atoms with Gasteiger partial charge < -0.3 is 19.7 Å². The van der Waals surface area contributed by atoms with Crippen LogP contribution in [-0.2, 0) is 9.53 Å². The average Bonchev–Trinajstić information content (AvgIpc) is 2.73. The average molecular weight is 403 g/mol. The molecule has 0 saturated carbocycles. The first-order valence-electron chi connectivity index (χ1n) is 9.27. The smallest absolute Gasteiger partial charge is 0.265 e. The fourth-order valence-corrected chi connectivity index (χ4v) is 3.05. The van der Waals surface area contributed by atoms with Crippen LogP contribution in [0.3, 0.4) is 0 Å². The molecular weight excluding hydrogens is 380 g/mol. The van der Waals surface area contributed by atoms with Gasteiger partial charge in [0.2, 0.25) is 0 Å². The molecule has 0 radical (unpaired) electrons. The number of morpholine rings is 1. The number of nitrogens with one attached hydrogen (secondary N) is 1. The summed E-state index contributed by atoms with van der Waals surface area (Å²) in [7, 11) is 0. The molecule has 1 heterocycles. The number of amides is 2. The summed E-state index contributed by atoms with van der Waals surface area (Å²) in [6.45, 7) is 3.99. The summed E-state index contributed by atoms with van der Waals surface area (Å²) >= 11 is 5.88. The van der Waals surface area contributed by atoms with Crippen LogP contribution in [0.2, 0.25) is 5.02 Å². The zero-order valence-corrected chi connectivity index (χ0v) is 16.4. The molecule has 148 valence electrons. The molecule has 1 fully saturated rings. The maximum Gasteiger partial charge on any atom is 0.265 e. The number of para-hydroxylation sites is 1. The molecule has 2 aromatic carbocycles. The zero-order chi connectivity index (χ0) is 19.9. The van der Waals surface area contributed by atoms with Gasteiger partial charge in [0.05, 0.1) is 24.5 Å². The molecule has 1 aliphatic rings. The minimum absolute atomic E-state index is 0.120. The predicted molar refractivity (Wildman–Crippen MR) is 108 cm³/mol. The largest absolute Gasteiger partial charge is 0.481 e. The molecule has 0 bridgehead atoms. The molecule has 0 spiro atoms. The van der Waals surface area contributed by atoms with E-state index in [-0.39, 0.29) is 11.8 Å². The van der Waals surface area contributed by atoms with E-state index in [4.69, 9.17) is 21.1 Å². The van der Waals surface area contributed by atoms with Crippen molar-refractivity contribution in [2.24, 2.45) is 0 Å². The van der Waals surface area contributed by atoms with E-state index in [2.05, 4.69) is 5.32 Å². The van der Waals surface area contributed by atoms with Gasteiger partial charge in [-0.1, -0.05) is 30.7 Å². The molecule has 2 aromatic rings. The number of nitrogens with zero attached hydrogens (tertiary/aromatic N) is 1. The van der Waals surface area contributed by atoms with E-state index in [0.29, 0.717) is 54.7 Å². The van der Waals surface area contributed by atoms with Crippen LogP contribution in [0.4, 0.5) is 5.69 Å². The minimum atomic E-state index is -0.687. The molecule has 0 aliphatic carbocycles. The standard InChI is InChI=1S/C21H23ClN2O4/c1-2-19(28-16-9-7-15(22)8-10-16)20(25)23-18-6-4-3-5-17(18)21(26)24-11-13-27-14-12-24/h3-10,19H,2,11-14H2,1H3,(H,23,25)/t19-/m1/s1. The van der Waals surface area contributed by atoms with Gasteiger partial charge in [-0.15, -0.1) is 0 Å². The number of anilines is 1. The first kappa shape index (κ1) is 20.2. The highest BCUT2D eigenvalue weighted by molar-refractivity contribution is 6.30. The van der Waals surface area contributed by atoms with Crippen molar-refractivity contribution in [1.82, 2.24) is 4.90 Å². The Balaban J connectivity index is 1.72. The van der Waals surface area contributed by atoms with Gasteiger partial charge in [-0.25, -0.2) is 0 Å². The minimum Gasteiger partial charge on any atom is -0.481 e. The van der Waals surface area contributed by atoms with Crippen molar-refractivity contribution in [1.29, 1.82) is 0 Å². The lowest BCUT2D eigenvalue weighted by Gasteiger charge is -2.27. The Labute approximate surface area is 169 Å². The number of ether oxygens (including phenoxy) is 2. The van der Waals surface area contributed by atoms with Gasteiger partial charge in [0.15, 0.2) is 6.10 Å². The molecule has 1 saturated heterocycles. The molecule has 1 aliphatic heterocycles. The lowest BCUT2D eigenvalue weighted by molar-refractivity contribution is -0.122. The Morgan fingerprint density at radius 1 is 1.14 bits per heavy atom. The normalized spacial score (nSPS) is 15.0. The monoisotopic (exact) mass is 402 g/mol. The van der Waals surface area contributed by atoms with Crippen LogP contribution in [0.15, 0.2) is 48.5 Å². The Morgan fingerprint density at radius 3 is 2.50 bits per heavy atom. The summed E-state index contributed by atoms with van der Waals surface area (Å²) in [5.74, 6) is 0.134. The quantitative estimate of drug-likeness (QED) is 0.801. The lowest BCUT2D eigenvalue weighted by atomic mass is 10.1. The number of rotatable bonds is 6. The third-order valence-corrected chi connectivity index (χ3v) is 4.72. The van der Waals surface area contributed by atoms with Gasteiger partial charge in [-0.05, 0) is 42.8 Å². The summed E-state index contributed by atoms with van der Waals surface area (Å²) in [5.41, 5.74) is 0.932. The van der Waals surface area contributed by atoms with E-state index in [9.17, 15) is 9.59 Å². The highest BCUT2D eigenvalue weighted by atomic mass is 35.5. The predicted octanol–water partition coefficient (Wildman–Crippen LogP) is 3.61. The van der Waals surface area contributed by atoms with Crippen molar-refractivity contribution in [2.75, 3.05) is 31.6 Å². The van der Waals surface area contributed by atoms with Crippen LogP contribution in [-0.4, -0.2) is 49.1 Å². The van der Waals surface area contributed by atoms with E-state index in [1.54, 1.807) is 53.4 Å². The van der Waals surface area contributed by atoms with E-state index in [1.165, 1.54) is 0 Å². The summed E-state index contributed by atoms with van der Waals surface area (Å²) in [6, 6.07) is 13.9. The topological polar surface area (TPSA) is 67.9 Å². The molecule has 1 atom stereocenters. The third-order valence-electron chi connectivity index (χ3n) is 4.47. The first-order valence-corrected chi connectivity index (χ1v) is 9.65. The fourth-order valence-electron chi connectivity index (χ4n) is 2.93. The Bertz CT molecular complexity index is 819. The van der Waals surface area contributed by atoms with Crippen molar-refractivity contribution in [3.63, 3.8) is 0 Å². The molecular formula is C21H23ClN2O4. The molecule has 7 heteroatoms. The van der Waals surface area contributed by atoms with Crippen LogP contribution in [0, 0.1) is 0 Å². The molecule has 2 amide bonds. The first-order chi connectivity index (χ1) is 13.6. The second-order valence-corrected chi connectivity index (χ2v) is 6.84. The van der Waals surface area contributed by atoms with E-state index < -0.39 is 6.10 Å². The second kappa shape index (κ2) is 9.57. The third kappa shape index (κ3) is 5.03. The summed E-state index contributed by atoms with van der Waals surface area (Å²) < 4.78 is 11.1. The van der Waals surface area contributed by atoms with E-state index in [0.717, 1.165) is 0 Å². The summed E-state index contributed by atoms with van der Waals surface area (Å²) in [6.07, 6.45) is -0.207. The number of carbonyl (C=O) groups excluding carboxylic acids is 2. The van der Waals surface area contributed by atoms with Crippen molar-refractivity contribution in [3.8, 4) is 5.75 Å². The molecule has 6 nitrogen and oxygen atoms in total. The van der Waals surface area contributed by atoms with Crippen LogP contribution < -0.4 is 10.1 Å². The van der Waals surface area contributed by atoms with Crippen LogP contribution in [0.1, 0.15) is 23.7 Å². The number of hydrogen-bond donors (Lipinski definition) is 1. The molecule has 0 aromatic heterocycles. The zero-order valence-electron chi connectivity index (χ0n) is 15.7.